The molecule has 0 aromatic carbocycles. The molecule has 0 fully saturated rings. The van der Waals surface area contributed by atoms with Crippen LogP contribution >= 0.6 is 0 Å². The molecule has 0 aliphatic heterocycles. The number of carboxylic acid groups (broad SMARTS) is 1. The fourth-order valence-electron chi connectivity index (χ4n) is 0. The molecule has 0 aliphatic carbocycles. The molecule has 0 heterocycles. The molecule has 4 nitrogen and oxygen atoms in total. The molecule has 43 valence electrons. The first-order chi connectivity index (χ1) is 2.41. The zero-order chi connectivity index (χ0) is 4.71. The molecule has 4 N–H and O–H groups in total. The Labute approximate surface area is 45.4 Å². The number of nitrogens with two attached hydrogens (primary N) is 1. The summed E-state index contributed by atoms with van der Waals surface area (Å²) in [5.74, 6) is 3.50. The minimum Gasteiger partial charge on any atom is -0.483 e. The summed E-state index contributed by atoms with van der Waals surface area (Å²) in [5.41, 5.74) is 0. The van der Waals surface area contributed by atoms with Gasteiger partial charge in [-0.05, 0) is 0 Å². The maximum absolute atomic E-state index is 8.36. The number of hydrogen-bond acceptors (Lipinski definition) is 3. The van der Waals surface area contributed by atoms with Gasteiger partial charge in [0.2, 0.25) is 0 Å². The molecule has 0 aromatic rings. The molecule has 0 bridgehead atoms. The first-order valence-corrected chi connectivity index (χ1v) is 0.752. The SMILES string of the molecule is NO.O=CO.[Cu]. The topological polar surface area (TPSA) is 83.5 Å². The summed E-state index contributed by atoms with van der Waals surface area (Å²) in [4.78, 5) is 8.36. The molecule has 0 aromatic heterocycles. The summed E-state index contributed by atoms with van der Waals surface area (Å²) in [6.45, 7) is -0.250. The standard InChI is InChI=1S/CH2O2.Cu.H3NO/c2-1-3;;1-2/h1H,(H,2,3);;2H,1H2. The van der Waals surface area contributed by atoms with E-state index in [0.29, 0.717) is 0 Å². The molecule has 0 atom stereocenters. The third-order valence-corrected chi connectivity index (χ3v) is 0. The summed E-state index contributed by atoms with van der Waals surface area (Å²) in [5, 5.41) is 13.4. The van der Waals surface area contributed by atoms with Gasteiger partial charge in [-0.2, -0.15) is 0 Å². The van der Waals surface area contributed by atoms with E-state index in [4.69, 9.17) is 15.1 Å². The third kappa shape index (κ3) is 4040. The first kappa shape index (κ1) is 16.8. The Hall–Kier alpha value is -0.0905. The zero-order valence-corrected chi connectivity index (χ0v) is 3.70. The number of rotatable bonds is 0. The van der Waals surface area contributed by atoms with Crippen LogP contribution in [0.3, 0.4) is 0 Å². The third-order valence-electron chi connectivity index (χ3n) is 0. The number of hydrogen-bond donors (Lipinski definition) is 3. The van der Waals surface area contributed by atoms with Crippen molar-refractivity contribution in [1.29, 1.82) is 0 Å². The Bertz CT molecular complexity index is 18.3. The van der Waals surface area contributed by atoms with Crippen molar-refractivity contribution in [2.24, 2.45) is 5.90 Å². The monoisotopic (exact) mass is 142 g/mol. The van der Waals surface area contributed by atoms with E-state index in [9.17, 15) is 0 Å². The van der Waals surface area contributed by atoms with Gasteiger partial charge in [0.1, 0.15) is 0 Å². The van der Waals surface area contributed by atoms with Gasteiger partial charge < -0.3 is 10.3 Å². The summed E-state index contributed by atoms with van der Waals surface area (Å²) in [7, 11) is 0. The van der Waals surface area contributed by atoms with Crippen LogP contribution in [0.5, 0.6) is 0 Å². The van der Waals surface area contributed by atoms with Crippen molar-refractivity contribution < 1.29 is 32.2 Å². The quantitative estimate of drug-likeness (QED) is 0.231. The fraction of sp³-hybridized carbons (Fsp3) is 0. The molecule has 1 radical (unpaired) electrons. The van der Waals surface area contributed by atoms with Gasteiger partial charge in [-0.3, -0.25) is 4.79 Å². The van der Waals surface area contributed by atoms with Gasteiger partial charge in [0, 0.05) is 17.1 Å². The first-order valence-electron chi connectivity index (χ1n) is 0.752. The van der Waals surface area contributed by atoms with Crippen molar-refractivity contribution >= 4 is 6.47 Å². The average molecular weight is 143 g/mol. The van der Waals surface area contributed by atoms with Crippen molar-refractivity contribution in [3.63, 3.8) is 0 Å². The van der Waals surface area contributed by atoms with Crippen LogP contribution in [-0.2, 0) is 21.9 Å². The van der Waals surface area contributed by atoms with E-state index in [0.717, 1.165) is 0 Å². The Balaban J connectivity index is -0.0000000275. The minimum atomic E-state index is -0.250. The van der Waals surface area contributed by atoms with Gasteiger partial charge in [0.05, 0.1) is 0 Å². The van der Waals surface area contributed by atoms with E-state index in [-0.39, 0.29) is 23.5 Å². The van der Waals surface area contributed by atoms with E-state index < -0.39 is 0 Å². The second-order valence-corrected chi connectivity index (χ2v) is 0.105. The van der Waals surface area contributed by atoms with Gasteiger partial charge in [-0.1, -0.05) is 0 Å². The van der Waals surface area contributed by atoms with E-state index in [1.807, 2.05) is 0 Å². The molecule has 0 saturated carbocycles. The molecular weight excluding hydrogens is 138 g/mol. The molecule has 0 spiro atoms. The second kappa shape index (κ2) is 90.7. The Morgan fingerprint density at radius 1 is 1.50 bits per heavy atom. The van der Waals surface area contributed by atoms with Crippen LogP contribution in [-0.4, -0.2) is 16.8 Å². The van der Waals surface area contributed by atoms with Crippen molar-refractivity contribution in [1.82, 2.24) is 0 Å². The molecule has 0 rings (SSSR count). The molecule has 0 aliphatic rings. The van der Waals surface area contributed by atoms with Crippen LogP contribution < -0.4 is 5.90 Å². The van der Waals surface area contributed by atoms with Crippen LogP contribution in [0.25, 0.3) is 0 Å². The molecular formula is CH5CuNO3. The van der Waals surface area contributed by atoms with Crippen LogP contribution in [0.1, 0.15) is 0 Å². The maximum atomic E-state index is 8.36. The maximum Gasteiger partial charge on any atom is 0.290 e. The van der Waals surface area contributed by atoms with E-state index >= 15 is 0 Å². The normalized spacial score (nSPS) is 3.00. The predicted molar refractivity (Wildman–Crippen MR) is 14.7 cm³/mol. The Morgan fingerprint density at radius 3 is 1.50 bits per heavy atom. The summed E-state index contributed by atoms with van der Waals surface area (Å²) < 4.78 is 0. The Kier molecular flexibility index (Phi) is 254. The molecule has 0 amide bonds. The van der Waals surface area contributed by atoms with Crippen LogP contribution in [0.4, 0.5) is 0 Å². The van der Waals surface area contributed by atoms with E-state index in [2.05, 4.69) is 5.90 Å². The van der Waals surface area contributed by atoms with Crippen LogP contribution in [0.15, 0.2) is 0 Å². The molecule has 5 heteroatoms. The largest absolute Gasteiger partial charge is 0.483 e. The van der Waals surface area contributed by atoms with Crippen molar-refractivity contribution in [2.45, 2.75) is 0 Å². The van der Waals surface area contributed by atoms with Gasteiger partial charge in [-0.25, -0.2) is 5.90 Å². The molecule has 0 unspecified atom stereocenters. The van der Waals surface area contributed by atoms with E-state index in [1.54, 1.807) is 0 Å². The van der Waals surface area contributed by atoms with Gasteiger partial charge in [-0.15, -0.1) is 0 Å². The van der Waals surface area contributed by atoms with Crippen molar-refractivity contribution in [3.8, 4) is 0 Å². The summed E-state index contributed by atoms with van der Waals surface area (Å²) in [6, 6.07) is 0. The van der Waals surface area contributed by atoms with E-state index in [1.165, 1.54) is 0 Å². The minimum absolute atomic E-state index is 0. The smallest absolute Gasteiger partial charge is 0.290 e. The van der Waals surface area contributed by atoms with Crippen molar-refractivity contribution in [2.75, 3.05) is 0 Å². The molecule has 6 heavy (non-hydrogen) atoms. The predicted octanol–water partition coefficient (Wildman–Crippen LogP) is -0.967. The average Bonchev–Trinajstić information content (AvgIpc) is 1.46. The second-order valence-electron chi connectivity index (χ2n) is 0.105. The van der Waals surface area contributed by atoms with Crippen LogP contribution in [0, 0.1) is 0 Å². The van der Waals surface area contributed by atoms with Gasteiger partial charge in [0.15, 0.2) is 0 Å². The Morgan fingerprint density at radius 2 is 1.50 bits per heavy atom. The summed E-state index contributed by atoms with van der Waals surface area (Å²) >= 11 is 0. The molecule has 0 saturated heterocycles. The zero-order valence-electron chi connectivity index (χ0n) is 2.76. The summed E-state index contributed by atoms with van der Waals surface area (Å²) in [6.07, 6.45) is 0. The number of carbonyl (C=O) groups is 1. The van der Waals surface area contributed by atoms with Crippen LogP contribution in [0.2, 0.25) is 0 Å². The van der Waals surface area contributed by atoms with Gasteiger partial charge in [0.25, 0.3) is 6.47 Å². The fourth-order valence-corrected chi connectivity index (χ4v) is 0. The van der Waals surface area contributed by atoms with Gasteiger partial charge >= 0.3 is 0 Å². The van der Waals surface area contributed by atoms with Crippen molar-refractivity contribution in [3.05, 3.63) is 0 Å².